The molecule has 0 fully saturated rings. The van der Waals surface area contributed by atoms with Crippen LogP contribution >= 0.6 is 0 Å². The molecule has 0 aromatic heterocycles. The molecule has 0 atom stereocenters. The van der Waals surface area contributed by atoms with Gasteiger partial charge >= 0.3 is 0 Å². The zero-order chi connectivity index (χ0) is 14.2. The second kappa shape index (κ2) is 3.90. The zero-order valence-corrected chi connectivity index (χ0v) is 7.56. The van der Waals surface area contributed by atoms with Crippen LogP contribution in [0.4, 0.5) is 5.69 Å². The van der Waals surface area contributed by atoms with Gasteiger partial charge in [-0.1, -0.05) is 24.7 Å². The van der Waals surface area contributed by atoms with Crippen molar-refractivity contribution in [3.05, 3.63) is 42.4 Å². The van der Waals surface area contributed by atoms with Crippen LogP contribution in [0, 0.1) is 0 Å². The molecule has 0 spiro atoms. The van der Waals surface area contributed by atoms with E-state index in [4.69, 9.17) is 6.85 Å². The van der Waals surface area contributed by atoms with Gasteiger partial charge in [0.1, 0.15) is 0 Å². The predicted octanol–water partition coefficient (Wildman–Crippen LogP) is 2.23. The van der Waals surface area contributed by atoms with Gasteiger partial charge in [-0.25, -0.2) is 0 Å². The van der Waals surface area contributed by atoms with Crippen LogP contribution in [0.15, 0.2) is 42.4 Å². The van der Waals surface area contributed by atoms with Gasteiger partial charge in [0.25, 0.3) is 5.91 Å². The lowest BCUT2D eigenvalue weighted by Crippen LogP contribution is -2.26. The van der Waals surface area contributed by atoms with Crippen molar-refractivity contribution in [1.29, 1.82) is 0 Å². The van der Waals surface area contributed by atoms with Crippen LogP contribution in [0.1, 0.15) is 13.8 Å². The summed E-state index contributed by atoms with van der Waals surface area (Å²) in [6.45, 7) is 4.97. The molecule has 2 heteroatoms. The third-order valence-electron chi connectivity index (χ3n) is 1.49. The van der Waals surface area contributed by atoms with Crippen LogP contribution < -0.4 is 4.90 Å². The minimum atomic E-state index is -0.492. The number of hydrogen-bond donors (Lipinski definition) is 0. The van der Waals surface area contributed by atoms with E-state index in [1.807, 2.05) is 0 Å². The number of hydrogen-bond acceptors (Lipinski definition) is 1. The maximum atomic E-state index is 11.7. The standard InChI is InChI=1S/C11H13NO/c1-9(2)11(13)12(3)10-7-5-4-6-8-10/h4-8H,1H2,2-3H3/i4D,5D,6D,7D,8D. The summed E-state index contributed by atoms with van der Waals surface area (Å²) in [5, 5.41) is 0. The highest BCUT2D eigenvalue weighted by Crippen LogP contribution is 2.12. The molecule has 0 aliphatic heterocycles. The lowest BCUT2D eigenvalue weighted by Gasteiger charge is -2.16. The third kappa shape index (κ3) is 2.18. The minimum absolute atomic E-state index is 0.144. The summed E-state index contributed by atoms with van der Waals surface area (Å²) in [5.74, 6) is -0.492. The van der Waals surface area contributed by atoms with Crippen molar-refractivity contribution >= 4 is 11.6 Å². The van der Waals surface area contributed by atoms with Gasteiger partial charge in [0.05, 0.1) is 6.85 Å². The van der Waals surface area contributed by atoms with Gasteiger partial charge in [-0.05, 0) is 19.0 Å². The van der Waals surface area contributed by atoms with E-state index in [1.165, 1.54) is 14.0 Å². The van der Waals surface area contributed by atoms with Crippen LogP contribution in [-0.2, 0) is 4.79 Å². The maximum absolute atomic E-state index is 11.7. The Morgan fingerprint density at radius 1 is 1.46 bits per heavy atom. The van der Waals surface area contributed by atoms with Crippen molar-refractivity contribution in [1.82, 2.24) is 0 Å². The number of likely N-dealkylation sites (N-methyl/N-ethyl adjacent to an activating group) is 1. The van der Waals surface area contributed by atoms with Gasteiger partial charge in [0, 0.05) is 18.3 Å². The third-order valence-corrected chi connectivity index (χ3v) is 1.49. The maximum Gasteiger partial charge on any atom is 0.253 e. The molecule has 0 saturated carbocycles. The number of benzene rings is 1. The van der Waals surface area contributed by atoms with Gasteiger partial charge in [0.2, 0.25) is 0 Å². The summed E-state index contributed by atoms with van der Waals surface area (Å²) in [5.41, 5.74) is 0.0818. The Labute approximate surface area is 85.5 Å². The molecule has 1 aromatic rings. The Morgan fingerprint density at radius 3 is 2.46 bits per heavy atom. The Bertz CT molecular complexity index is 512. The molecule has 2 nitrogen and oxygen atoms in total. The quantitative estimate of drug-likeness (QED) is 0.639. The van der Waals surface area contributed by atoms with E-state index in [2.05, 4.69) is 6.58 Å². The van der Waals surface area contributed by atoms with Crippen LogP contribution in [0.5, 0.6) is 0 Å². The first kappa shape index (κ1) is 4.61. The number of para-hydroxylation sites is 1. The van der Waals surface area contributed by atoms with Crippen molar-refractivity contribution < 1.29 is 11.6 Å². The van der Waals surface area contributed by atoms with Crippen molar-refractivity contribution in [2.45, 2.75) is 6.92 Å². The lowest BCUT2D eigenvalue weighted by atomic mass is 10.2. The zero-order valence-electron chi connectivity index (χ0n) is 12.6. The Hall–Kier alpha value is -1.57. The molecule has 1 rings (SSSR count). The Morgan fingerprint density at radius 2 is 2.00 bits per heavy atom. The van der Waals surface area contributed by atoms with Gasteiger partial charge in [0.15, 0.2) is 0 Å². The van der Waals surface area contributed by atoms with E-state index in [0.717, 1.165) is 4.90 Å². The topological polar surface area (TPSA) is 20.3 Å². The second-order valence-corrected chi connectivity index (χ2v) is 2.62. The average molecular weight is 180 g/mol. The Kier molecular flexibility index (Phi) is 1.38. The Balaban J connectivity index is 3.51. The van der Waals surface area contributed by atoms with Crippen LogP contribution in [0.25, 0.3) is 0 Å². The molecule has 68 valence electrons. The first-order valence-corrected chi connectivity index (χ1v) is 3.70. The first-order chi connectivity index (χ1) is 8.20. The van der Waals surface area contributed by atoms with E-state index < -0.39 is 36.1 Å². The number of nitrogens with zero attached hydrogens (tertiary/aromatic N) is 1. The molecule has 0 aliphatic carbocycles. The number of amides is 1. The lowest BCUT2D eigenvalue weighted by molar-refractivity contribution is -0.114. The predicted molar refractivity (Wildman–Crippen MR) is 54.7 cm³/mol. The molecule has 0 radical (unpaired) electrons. The summed E-state index contributed by atoms with van der Waals surface area (Å²) >= 11 is 0. The van der Waals surface area contributed by atoms with Gasteiger partial charge in [-0.3, -0.25) is 4.79 Å². The molecule has 1 amide bonds. The smallest absolute Gasteiger partial charge is 0.253 e. The number of rotatable bonds is 2. The number of carbonyl (C=O) groups excluding carboxylic acids is 1. The van der Waals surface area contributed by atoms with Gasteiger partial charge < -0.3 is 4.90 Å². The largest absolute Gasteiger partial charge is 0.312 e. The highest BCUT2D eigenvalue weighted by atomic mass is 16.2. The minimum Gasteiger partial charge on any atom is -0.312 e. The number of anilines is 1. The van der Waals surface area contributed by atoms with Crippen LogP contribution in [0.3, 0.4) is 0 Å². The molecule has 0 heterocycles. The van der Waals surface area contributed by atoms with Crippen molar-refractivity contribution in [2.75, 3.05) is 11.9 Å². The van der Waals surface area contributed by atoms with Gasteiger partial charge in [-0.15, -0.1) is 0 Å². The van der Waals surface area contributed by atoms with E-state index in [9.17, 15) is 4.79 Å². The molecule has 1 aromatic carbocycles. The fraction of sp³-hybridized carbons (Fsp3) is 0.182. The molecular weight excluding hydrogens is 162 g/mol. The normalized spacial score (nSPS) is 14.8. The second-order valence-electron chi connectivity index (χ2n) is 2.62. The highest BCUT2D eigenvalue weighted by Gasteiger charge is 2.09. The fourth-order valence-corrected chi connectivity index (χ4v) is 0.799. The van der Waals surface area contributed by atoms with E-state index in [-0.39, 0.29) is 11.3 Å². The molecular formula is C11H13NO. The molecule has 0 unspecified atom stereocenters. The molecule has 0 aliphatic rings. The fourth-order valence-electron chi connectivity index (χ4n) is 0.799. The first-order valence-electron chi connectivity index (χ1n) is 6.20. The molecule has 0 saturated heterocycles. The monoisotopic (exact) mass is 180 g/mol. The molecule has 13 heavy (non-hydrogen) atoms. The summed E-state index contributed by atoms with van der Waals surface area (Å²) in [6, 6.07) is -2.22. The SMILES string of the molecule is [2H]c1c([2H])c([2H])c(N(C)C(=O)C(=C)C)c([2H])c1[2H]. The van der Waals surface area contributed by atoms with E-state index >= 15 is 0 Å². The van der Waals surface area contributed by atoms with Gasteiger partial charge in [-0.2, -0.15) is 0 Å². The van der Waals surface area contributed by atoms with Crippen molar-refractivity contribution in [3.8, 4) is 0 Å². The van der Waals surface area contributed by atoms with E-state index in [1.54, 1.807) is 0 Å². The summed E-state index contributed by atoms with van der Waals surface area (Å²) in [6.07, 6.45) is 0. The summed E-state index contributed by atoms with van der Waals surface area (Å²) < 4.78 is 37.9. The average Bonchev–Trinajstić information content (AvgIpc) is 2.32. The van der Waals surface area contributed by atoms with Crippen LogP contribution in [-0.4, -0.2) is 13.0 Å². The van der Waals surface area contributed by atoms with Crippen LogP contribution in [0.2, 0.25) is 0 Å². The highest BCUT2D eigenvalue weighted by molar-refractivity contribution is 6.04. The summed E-state index contributed by atoms with van der Waals surface area (Å²) in [7, 11) is 1.35. The van der Waals surface area contributed by atoms with Crippen molar-refractivity contribution in [3.63, 3.8) is 0 Å². The van der Waals surface area contributed by atoms with E-state index in [0.29, 0.717) is 0 Å². The molecule has 0 N–H and O–H groups in total. The summed E-state index contributed by atoms with van der Waals surface area (Å²) in [4.78, 5) is 12.8. The van der Waals surface area contributed by atoms with Crippen molar-refractivity contribution in [2.24, 2.45) is 0 Å². The number of carbonyl (C=O) groups is 1. The molecule has 0 bridgehead atoms.